The highest BCUT2D eigenvalue weighted by Crippen LogP contribution is 2.22. The average molecular weight is 224 g/mol. The second-order valence-corrected chi connectivity index (χ2v) is 3.84. The van der Waals surface area contributed by atoms with Crippen molar-refractivity contribution in [1.82, 2.24) is 0 Å². The number of carbonyl (C=O) groups is 1. The molecule has 3 N–H and O–H groups in total. The van der Waals surface area contributed by atoms with Crippen molar-refractivity contribution in [2.75, 3.05) is 12.3 Å². The summed E-state index contributed by atoms with van der Waals surface area (Å²) in [6.07, 6.45) is 1.25. The van der Waals surface area contributed by atoms with Gasteiger partial charge in [-0.1, -0.05) is 12.1 Å². The Morgan fingerprint density at radius 2 is 2.27 bits per heavy atom. The first kappa shape index (κ1) is 11.6. The fraction of sp³-hybridized carbons (Fsp3) is 0.200. The molecule has 0 aliphatic carbocycles. The van der Waals surface area contributed by atoms with Crippen LogP contribution in [0.3, 0.4) is 0 Å². The summed E-state index contributed by atoms with van der Waals surface area (Å²) in [5.41, 5.74) is 5.42. The predicted molar refractivity (Wildman–Crippen MR) is 61.7 cm³/mol. The molecule has 0 aliphatic heterocycles. The van der Waals surface area contributed by atoms with E-state index < -0.39 is 5.97 Å². The van der Waals surface area contributed by atoms with Crippen LogP contribution < -0.4 is 5.73 Å². The van der Waals surface area contributed by atoms with E-state index in [4.69, 9.17) is 10.8 Å². The molecule has 80 valence electrons. The van der Waals surface area contributed by atoms with Crippen molar-refractivity contribution >= 4 is 24.1 Å². The number of aliphatic imine (C=N–C) groups is 1. The highest BCUT2D eigenvalue weighted by Gasteiger charge is 2.08. The molecule has 0 saturated heterocycles. The molecule has 0 amide bonds. The second-order valence-electron chi connectivity index (χ2n) is 2.71. The minimum atomic E-state index is -0.902. The Balaban J connectivity index is 2.63. The van der Waals surface area contributed by atoms with Gasteiger partial charge in [-0.25, -0.2) is 4.79 Å². The van der Waals surface area contributed by atoms with Crippen LogP contribution in [0.1, 0.15) is 10.4 Å². The van der Waals surface area contributed by atoms with Crippen LogP contribution in [0.5, 0.6) is 0 Å². The van der Waals surface area contributed by atoms with Crippen LogP contribution in [-0.2, 0) is 0 Å². The van der Waals surface area contributed by atoms with Gasteiger partial charge in [0.05, 0.1) is 18.4 Å². The SMILES string of the molecule is NC=NCCSc1ccccc1C(=O)O. The average Bonchev–Trinajstić information content (AvgIpc) is 2.25. The lowest BCUT2D eigenvalue weighted by Gasteiger charge is -2.03. The molecule has 0 spiro atoms. The molecular formula is C10H12N2O2S. The lowest BCUT2D eigenvalue weighted by molar-refractivity contribution is 0.0693. The number of rotatable bonds is 5. The van der Waals surface area contributed by atoms with Crippen molar-refractivity contribution in [2.24, 2.45) is 10.7 Å². The Kier molecular flexibility index (Phi) is 4.70. The van der Waals surface area contributed by atoms with E-state index in [0.29, 0.717) is 12.1 Å². The van der Waals surface area contributed by atoms with Crippen molar-refractivity contribution in [3.63, 3.8) is 0 Å². The fourth-order valence-electron chi connectivity index (χ4n) is 1.05. The smallest absolute Gasteiger partial charge is 0.336 e. The third kappa shape index (κ3) is 3.63. The molecule has 0 saturated carbocycles. The van der Waals surface area contributed by atoms with E-state index in [9.17, 15) is 4.79 Å². The lowest BCUT2D eigenvalue weighted by atomic mass is 10.2. The van der Waals surface area contributed by atoms with Gasteiger partial charge in [0.15, 0.2) is 0 Å². The van der Waals surface area contributed by atoms with Gasteiger partial charge < -0.3 is 10.8 Å². The van der Waals surface area contributed by atoms with Crippen LogP contribution in [0.25, 0.3) is 0 Å². The Morgan fingerprint density at radius 3 is 2.93 bits per heavy atom. The molecule has 0 bridgehead atoms. The van der Waals surface area contributed by atoms with Gasteiger partial charge in [0, 0.05) is 10.6 Å². The van der Waals surface area contributed by atoms with Gasteiger partial charge in [-0.3, -0.25) is 4.99 Å². The van der Waals surface area contributed by atoms with E-state index in [1.165, 1.54) is 18.1 Å². The largest absolute Gasteiger partial charge is 0.478 e. The van der Waals surface area contributed by atoms with Crippen molar-refractivity contribution in [3.05, 3.63) is 29.8 Å². The molecule has 5 heteroatoms. The zero-order chi connectivity index (χ0) is 11.1. The molecule has 0 heterocycles. The summed E-state index contributed by atoms with van der Waals surface area (Å²) in [4.78, 5) is 15.5. The van der Waals surface area contributed by atoms with Gasteiger partial charge in [0.2, 0.25) is 0 Å². The van der Waals surface area contributed by atoms with Gasteiger partial charge in [0.25, 0.3) is 0 Å². The number of aromatic carboxylic acids is 1. The first-order valence-corrected chi connectivity index (χ1v) is 5.39. The molecule has 4 nitrogen and oxygen atoms in total. The molecule has 1 rings (SSSR count). The Hall–Kier alpha value is -1.49. The Morgan fingerprint density at radius 1 is 1.53 bits per heavy atom. The quantitative estimate of drug-likeness (QED) is 0.343. The lowest BCUT2D eigenvalue weighted by Crippen LogP contribution is -1.99. The Labute approximate surface area is 92.2 Å². The second kappa shape index (κ2) is 6.08. The van der Waals surface area contributed by atoms with E-state index in [1.54, 1.807) is 18.2 Å². The predicted octanol–water partition coefficient (Wildman–Crippen LogP) is 1.46. The molecule has 0 unspecified atom stereocenters. The van der Waals surface area contributed by atoms with Gasteiger partial charge in [0.1, 0.15) is 0 Å². The normalized spacial score (nSPS) is 10.7. The Bertz CT molecular complexity index is 366. The van der Waals surface area contributed by atoms with Gasteiger partial charge in [-0.15, -0.1) is 11.8 Å². The molecule has 0 aliphatic rings. The summed E-state index contributed by atoms with van der Waals surface area (Å²) in [5.74, 6) is -0.182. The number of nitrogens with two attached hydrogens (primary N) is 1. The summed E-state index contributed by atoms with van der Waals surface area (Å²) >= 11 is 1.47. The van der Waals surface area contributed by atoms with Crippen LogP contribution in [0.2, 0.25) is 0 Å². The number of thioether (sulfide) groups is 1. The van der Waals surface area contributed by atoms with E-state index in [1.807, 2.05) is 6.07 Å². The fourth-order valence-corrected chi connectivity index (χ4v) is 1.95. The first-order valence-electron chi connectivity index (χ1n) is 4.41. The molecule has 0 fully saturated rings. The number of hydrogen-bond donors (Lipinski definition) is 2. The summed E-state index contributed by atoms with van der Waals surface area (Å²) < 4.78 is 0. The van der Waals surface area contributed by atoms with Crippen LogP contribution >= 0.6 is 11.8 Å². The highest BCUT2D eigenvalue weighted by atomic mass is 32.2. The number of nitrogens with zero attached hydrogens (tertiary/aromatic N) is 1. The summed E-state index contributed by atoms with van der Waals surface area (Å²) in [6, 6.07) is 6.92. The molecule has 15 heavy (non-hydrogen) atoms. The zero-order valence-corrected chi connectivity index (χ0v) is 8.91. The standard InChI is InChI=1S/C10H12N2O2S/c11-7-12-5-6-15-9-4-2-1-3-8(9)10(13)14/h1-4,7H,5-6H2,(H2,11,12)(H,13,14). The number of benzene rings is 1. The maximum absolute atomic E-state index is 10.8. The maximum Gasteiger partial charge on any atom is 0.336 e. The van der Waals surface area contributed by atoms with Crippen molar-refractivity contribution in [3.8, 4) is 0 Å². The first-order chi connectivity index (χ1) is 7.25. The third-order valence-corrected chi connectivity index (χ3v) is 2.75. The molecular weight excluding hydrogens is 212 g/mol. The molecule has 1 aromatic rings. The van der Waals surface area contributed by atoms with Gasteiger partial charge in [-0.05, 0) is 12.1 Å². The minimum Gasteiger partial charge on any atom is -0.478 e. The van der Waals surface area contributed by atoms with E-state index >= 15 is 0 Å². The van der Waals surface area contributed by atoms with E-state index in [2.05, 4.69) is 4.99 Å². The van der Waals surface area contributed by atoms with Crippen molar-refractivity contribution in [2.45, 2.75) is 4.90 Å². The molecule has 0 radical (unpaired) electrons. The summed E-state index contributed by atoms with van der Waals surface area (Å²) in [7, 11) is 0. The van der Waals surface area contributed by atoms with Gasteiger partial charge >= 0.3 is 5.97 Å². The van der Waals surface area contributed by atoms with Crippen LogP contribution in [0, 0.1) is 0 Å². The van der Waals surface area contributed by atoms with E-state index in [-0.39, 0.29) is 0 Å². The molecule has 0 aromatic heterocycles. The number of carboxylic acids is 1. The zero-order valence-electron chi connectivity index (χ0n) is 8.09. The topological polar surface area (TPSA) is 75.7 Å². The van der Waals surface area contributed by atoms with Crippen LogP contribution in [-0.4, -0.2) is 29.7 Å². The molecule has 1 aromatic carbocycles. The minimum absolute atomic E-state index is 0.333. The van der Waals surface area contributed by atoms with Crippen LogP contribution in [0.4, 0.5) is 0 Å². The maximum atomic E-state index is 10.8. The van der Waals surface area contributed by atoms with Crippen LogP contribution in [0.15, 0.2) is 34.2 Å². The van der Waals surface area contributed by atoms with Gasteiger partial charge in [-0.2, -0.15) is 0 Å². The monoisotopic (exact) mass is 224 g/mol. The van der Waals surface area contributed by atoms with E-state index in [0.717, 1.165) is 10.6 Å². The highest BCUT2D eigenvalue weighted by molar-refractivity contribution is 7.99. The number of carboxylic acid groups (broad SMARTS) is 1. The molecule has 0 atom stereocenters. The van der Waals surface area contributed by atoms with Crippen molar-refractivity contribution < 1.29 is 9.90 Å². The number of hydrogen-bond acceptors (Lipinski definition) is 3. The third-order valence-electron chi connectivity index (χ3n) is 1.70. The summed E-state index contributed by atoms with van der Waals surface area (Å²) in [5, 5.41) is 8.91. The summed E-state index contributed by atoms with van der Waals surface area (Å²) in [6.45, 7) is 0.592. The van der Waals surface area contributed by atoms with Crippen molar-refractivity contribution in [1.29, 1.82) is 0 Å².